The number of benzene rings is 2. The number of rotatable bonds is 2. The Morgan fingerprint density at radius 1 is 1.06 bits per heavy atom. The van der Waals surface area contributed by atoms with Gasteiger partial charge in [-0.05, 0) is 41.3 Å². The molecule has 0 saturated carbocycles. The summed E-state index contributed by atoms with van der Waals surface area (Å²) in [6, 6.07) is 14.4. The van der Waals surface area contributed by atoms with Gasteiger partial charge in [0.05, 0.1) is 0 Å². The molecule has 0 amide bonds. The van der Waals surface area contributed by atoms with Gasteiger partial charge >= 0.3 is 0 Å². The van der Waals surface area contributed by atoms with Crippen molar-refractivity contribution in [1.82, 2.24) is 0 Å². The van der Waals surface area contributed by atoms with Gasteiger partial charge in [0, 0.05) is 9.50 Å². The number of aryl methyl sites for hydroxylation is 1. The molecule has 0 aliphatic rings. The third-order valence-electron chi connectivity index (χ3n) is 2.60. The third kappa shape index (κ3) is 2.47. The highest BCUT2D eigenvalue weighted by atomic mass is 79.9. The van der Waals surface area contributed by atoms with Crippen molar-refractivity contribution in [3.8, 4) is 11.1 Å². The van der Waals surface area contributed by atoms with Crippen molar-refractivity contribution in [3.05, 3.63) is 57.5 Å². The van der Waals surface area contributed by atoms with E-state index in [1.807, 2.05) is 24.3 Å². The molecule has 82 valence electrons. The van der Waals surface area contributed by atoms with Crippen LogP contribution in [0, 0.1) is 0 Å². The lowest BCUT2D eigenvalue weighted by molar-refractivity contribution is 1.14. The number of halogens is 2. The molecule has 0 atom stereocenters. The van der Waals surface area contributed by atoms with Crippen molar-refractivity contribution in [2.45, 2.75) is 13.3 Å². The zero-order chi connectivity index (χ0) is 11.5. The van der Waals surface area contributed by atoms with Crippen molar-refractivity contribution < 1.29 is 0 Å². The summed E-state index contributed by atoms with van der Waals surface area (Å²) in [6.07, 6.45) is 1.06. The van der Waals surface area contributed by atoms with E-state index in [0.29, 0.717) is 0 Å². The summed E-state index contributed by atoms with van der Waals surface area (Å²) in [5.74, 6) is 0. The maximum atomic E-state index is 5.87. The van der Waals surface area contributed by atoms with Crippen LogP contribution in [-0.4, -0.2) is 0 Å². The molecule has 0 unspecified atom stereocenters. The Bertz CT molecular complexity index is 489. The van der Waals surface area contributed by atoms with Gasteiger partial charge in [0.25, 0.3) is 0 Å². The van der Waals surface area contributed by atoms with Crippen molar-refractivity contribution in [3.63, 3.8) is 0 Å². The van der Waals surface area contributed by atoms with Gasteiger partial charge in [-0.25, -0.2) is 0 Å². The summed E-state index contributed by atoms with van der Waals surface area (Å²) in [6.45, 7) is 2.16. The van der Waals surface area contributed by atoms with E-state index in [1.165, 1.54) is 16.7 Å². The Balaban J connectivity index is 2.44. The molecule has 0 bridgehead atoms. The van der Waals surface area contributed by atoms with Gasteiger partial charge in [-0.2, -0.15) is 0 Å². The van der Waals surface area contributed by atoms with Gasteiger partial charge in [0.15, 0.2) is 0 Å². The molecule has 2 aromatic carbocycles. The highest BCUT2D eigenvalue weighted by Gasteiger charge is 2.03. The molecule has 2 heteroatoms. The second-order valence-electron chi connectivity index (χ2n) is 3.67. The van der Waals surface area contributed by atoms with Crippen molar-refractivity contribution >= 4 is 27.5 Å². The van der Waals surface area contributed by atoms with Crippen LogP contribution in [0.2, 0.25) is 5.02 Å². The number of hydrogen-bond acceptors (Lipinski definition) is 0. The molecule has 2 rings (SSSR count). The fourth-order valence-electron chi connectivity index (χ4n) is 1.64. The summed E-state index contributed by atoms with van der Waals surface area (Å²) >= 11 is 9.49. The van der Waals surface area contributed by atoms with Crippen molar-refractivity contribution in [2.75, 3.05) is 0 Å². The average Bonchev–Trinajstić information content (AvgIpc) is 2.30. The van der Waals surface area contributed by atoms with Crippen LogP contribution in [0.1, 0.15) is 12.5 Å². The molecule has 16 heavy (non-hydrogen) atoms. The van der Waals surface area contributed by atoms with Crippen LogP contribution in [0.15, 0.2) is 46.9 Å². The monoisotopic (exact) mass is 294 g/mol. The summed E-state index contributed by atoms with van der Waals surface area (Å²) < 4.78 is 1.13. The van der Waals surface area contributed by atoms with E-state index < -0.39 is 0 Å². The molecule has 0 aliphatic heterocycles. The van der Waals surface area contributed by atoms with Crippen molar-refractivity contribution in [1.29, 1.82) is 0 Å². The maximum Gasteiger partial charge on any atom is 0.0406 e. The van der Waals surface area contributed by atoms with Crippen LogP contribution in [0.5, 0.6) is 0 Å². The minimum atomic E-state index is 0.769. The lowest BCUT2D eigenvalue weighted by Crippen LogP contribution is -1.84. The summed E-state index contributed by atoms with van der Waals surface area (Å²) in [7, 11) is 0. The molecule has 0 aliphatic carbocycles. The highest BCUT2D eigenvalue weighted by molar-refractivity contribution is 9.10. The van der Waals surface area contributed by atoms with E-state index in [-0.39, 0.29) is 0 Å². The van der Waals surface area contributed by atoms with E-state index in [9.17, 15) is 0 Å². The molecule has 0 fully saturated rings. The molecule has 0 heterocycles. The number of hydrogen-bond donors (Lipinski definition) is 0. The second-order valence-corrected chi connectivity index (χ2v) is 4.97. The van der Waals surface area contributed by atoms with Crippen LogP contribution in [0.3, 0.4) is 0 Å². The predicted molar refractivity (Wildman–Crippen MR) is 74.0 cm³/mol. The fourth-order valence-corrected chi connectivity index (χ4v) is 2.42. The van der Waals surface area contributed by atoms with Crippen LogP contribution in [0.4, 0.5) is 0 Å². The smallest absolute Gasteiger partial charge is 0.0406 e. The first kappa shape index (κ1) is 11.7. The molecular weight excluding hydrogens is 284 g/mol. The highest BCUT2D eigenvalue weighted by Crippen LogP contribution is 2.30. The minimum absolute atomic E-state index is 0.769. The second kappa shape index (κ2) is 5.03. The van der Waals surface area contributed by atoms with E-state index in [2.05, 4.69) is 41.1 Å². The fraction of sp³-hybridized carbons (Fsp3) is 0.143. The van der Waals surface area contributed by atoms with Gasteiger partial charge in [0.1, 0.15) is 0 Å². The van der Waals surface area contributed by atoms with Gasteiger partial charge in [-0.3, -0.25) is 0 Å². The standard InChI is InChI=1S/C14H12BrCl/c1-2-10-3-8-13(14(15)9-10)11-4-6-12(16)7-5-11/h3-9H,2H2,1H3. The molecule has 2 aromatic rings. The third-order valence-corrected chi connectivity index (χ3v) is 3.51. The Hall–Kier alpha value is -0.790. The zero-order valence-electron chi connectivity index (χ0n) is 9.00. The molecular formula is C14H12BrCl. The van der Waals surface area contributed by atoms with Gasteiger partial charge in [-0.1, -0.05) is 58.7 Å². The van der Waals surface area contributed by atoms with Crippen LogP contribution >= 0.6 is 27.5 Å². The lowest BCUT2D eigenvalue weighted by Gasteiger charge is -2.06. The summed E-state index contributed by atoms with van der Waals surface area (Å²) in [4.78, 5) is 0. The Morgan fingerprint density at radius 2 is 1.75 bits per heavy atom. The molecule has 0 spiro atoms. The van der Waals surface area contributed by atoms with E-state index in [4.69, 9.17) is 11.6 Å². The first-order valence-corrected chi connectivity index (χ1v) is 6.42. The molecule has 0 radical (unpaired) electrons. The Labute approximate surface area is 109 Å². The SMILES string of the molecule is CCc1ccc(-c2ccc(Cl)cc2)c(Br)c1. The molecule has 0 N–H and O–H groups in total. The van der Waals surface area contributed by atoms with E-state index >= 15 is 0 Å². The van der Waals surface area contributed by atoms with Gasteiger partial charge in [0.2, 0.25) is 0 Å². The van der Waals surface area contributed by atoms with Gasteiger partial charge < -0.3 is 0 Å². The first-order valence-electron chi connectivity index (χ1n) is 5.25. The summed E-state index contributed by atoms with van der Waals surface area (Å²) in [5.41, 5.74) is 3.72. The van der Waals surface area contributed by atoms with Crippen LogP contribution in [-0.2, 0) is 6.42 Å². The topological polar surface area (TPSA) is 0 Å². The van der Waals surface area contributed by atoms with Crippen LogP contribution < -0.4 is 0 Å². The predicted octanol–water partition coefficient (Wildman–Crippen LogP) is 5.33. The quantitative estimate of drug-likeness (QED) is 0.702. The maximum absolute atomic E-state index is 5.87. The largest absolute Gasteiger partial charge is 0.0843 e. The lowest BCUT2D eigenvalue weighted by atomic mass is 10.0. The molecule has 0 nitrogen and oxygen atoms in total. The molecule has 0 aromatic heterocycles. The average molecular weight is 296 g/mol. The molecule has 0 saturated heterocycles. The zero-order valence-corrected chi connectivity index (χ0v) is 11.3. The van der Waals surface area contributed by atoms with Crippen molar-refractivity contribution in [2.24, 2.45) is 0 Å². The van der Waals surface area contributed by atoms with Crippen LogP contribution in [0.25, 0.3) is 11.1 Å². The van der Waals surface area contributed by atoms with E-state index in [1.54, 1.807) is 0 Å². The first-order chi connectivity index (χ1) is 7.70. The Kier molecular flexibility index (Phi) is 3.67. The van der Waals surface area contributed by atoms with E-state index in [0.717, 1.165) is 15.9 Å². The Morgan fingerprint density at radius 3 is 2.31 bits per heavy atom. The summed E-state index contributed by atoms with van der Waals surface area (Å²) in [5, 5.41) is 0.769. The van der Waals surface area contributed by atoms with Gasteiger partial charge in [-0.15, -0.1) is 0 Å². The normalized spacial score (nSPS) is 10.4. The minimum Gasteiger partial charge on any atom is -0.0843 e.